The van der Waals surface area contributed by atoms with Gasteiger partial charge in [0.25, 0.3) is 0 Å². The summed E-state index contributed by atoms with van der Waals surface area (Å²) < 4.78 is 1.07. The van der Waals surface area contributed by atoms with Crippen molar-refractivity contribution in [1.82, 2.24) is 15.2 Å². The van der Waals surface area contributed by atoms with Gasteiger partial charge in [0.2, 0.25) is 0 Å². The summed E-state index contributed by atoms with van der Waals surface area (Å²) in [5.74, 6) is 1.56. The molecule has 0 spiro atoms. The molecule has 3 nitrogen and oxygen atoms in total. The van der Waals surface area contributed by atoms with Crippen LogP contribution >= 0.6 is 27.3 Å². The van der Waals surface area contributed by atoms with E-state index in [0.29, 0.717) is 0 Å². The predicted octanol–water partition coefficient (Wildman–Crippen LogP) is 4.27. The summed E-state index contributed by atoms with van der Waals surface area (Å²) >= 11 is 5.11. The average Bonchev–Trinajstić information content (AvgIpc) is 2.99. The number of aromatic amines is 1. The molecule has 0 saturated carbocycles. The van der Waals surface area contributed by atoms with Gasteiger partial charge in [-0.25, -0.2) is 4.98 Å². The largest absolute Gasteiger partial charge is 0.258 e. The third-order valence-electron chi connectivity index (χ3n) is 2.67. The van der Waals surface area contributed by atoms with Crippen LogP contribution in [0, 0.1) is 6.92 Å². The Morgan fingerprint density at radius 2 is 2.17 bits per heavy atom. The molecule has 3 rings (SSSR count). The first-order valence-electron chi connectivity index (χ1n) is 5.47. The normalized spacial score (nSPS) is 10.8. The maximum Gasteiger partial charge on any atom is 0.181 e. The molecule has 0 saturated heterocycles. The van der Waals surface area contributed by atoms with Gasteiger partial charge in [0.1, 0.15) is 0 Å². The van der Waals surface area contributed by atoms with Crippen molar-refractivity contribution >= 4 is 27.3 Å². The molecule has 90 valence electrons. The van der Waals surface area contributed by atoms with Crippen molar-refractivity contribution in [3.8, 4) is 22.1 Å². The number of thiophene rings is 1. The summed E-state index contributed by atoms with van der Waals surface area (Å²) in [4.78, 5) is 5.64. The van der Waals surface area contributed by atoms with Gasteiger partial charge in [-0.05, 0) is 42.1 Å². The van der Waals surface area contributed by atoms with Crippen molar-refractivity contribution < 1.29 is 0 Å². The summed E-state index contributed by atoms with van der Waals surface area (Å²) in [6.07, 6.45) is 0. The maximum absolute atomic E-state index is 4.54. The quantitative estimate of drug-likeness (QED) is 0.766. The van der Waals surface area contributed by atoms with E-state index in [1.54, 1.807) is 11.3 Å². The van der Waals surface area contributed by atoms with E-state index in [1.807, 2.05) is 29.6 Å². The highest BCUT2D eigenvalue weighted by atomic mass is 79.9. The van der Waals surface area contributed by atoms with Gasteiger partial charge >= 0.3 is 0 Å². The summed E-state index contributed by atoms with van der Waals surface area (Å²) in [7, 11) is 0. The zero-order valence-electron chi connectivity index (χ0n) is 9.64. The molecule has 1 aromatic carbocycles. The lowest BCUT2D eigenvalue weighted by atomic mass is 10.1. The number of hydrogen-bond donors (Lipinski definition) is 1. The molecular formula is C13H10BrN3S. The Bertz CT molecular complexity index is 673. The number of rotatable bonds is 2. The minimum Gasteiger partial charge on any atom is -0.258 e. The van der Waals surface area contributed by atoms with Crippen LogP contribution in [-0.2, 0) is 0 Å². The topological polar surface area (TPSA) is 41.6 Å². The lowest BCUT2D eigenvalue weighted by Crippen LogP contribution is -1.85. The van der Waals surface area contributed by atoms with E-state index >= 15 is 0 Å². The first kappa shape index (κ1) is 11.6. The fourth-order valence-corrected chi connectivity index (χ4v) is 2.92. The van der Waals surface area contributed by atoms with Crippen molar-refractivity contribution in [3.63, 3.8) is 0 Å². The number of benzene rings is 1. The van der Waals surface area contributed by atoms with Gasteiger partial charge in [-0.3, -0.25) is 5.10 Å². The highest BCUT2D eigenvalue weighted by molar-refractivity contribution is 9.10. The third kappa shape index (κ3) is 2.11. The molecule has 1 N–H and O–H groups in total. The van der Waals surface area contributed by atoms with E-state index in [-0.39, 0.29) is 0 Å². The molecular weight excluding hydrogens is 310 g/mol. The molecule has 0 fully saturated rings. The molecule has 2 heterocycles. The molecule has 0 aliphatic heterocycles. The summed E-state index contributed by atoms with van der Waals surface area (Å²) in [5.41, 5.74) is 2.21. The van der Waals surface area contributed by atoms with Crippen molar-refractivity contribution in [2.45, 2.75) is 6.92 Å². The second-order valence-corrected chi connectivity index (χ2v) is 5.81. The Kier molecular flexibility index (Phi) is 3.01. The third-order valence-corrected chi connectivity index (χ3v) is 4.04. The lowest BCUT2D eigenvalue weighted by Gasteiger charge is -2.01. The summed E-state index contributed by atoms with van der Waals surface area (Å²) in [6, 6.07) is 10.1. The Balaban J connectivity index is 2.03. The van der Waals surface area contributed by atoms with E-state index in [9.17, 15) is 0 Å². The van der Waals surface area contributed by atoms with Crippen LogP contribution in [0.3, 0.4) is 0 Å². The molecule has 0 bridgehead atoms. The van der Waals surface area contributed by atoms with E-state index in [0.717, 1.165) is 32.1 Å². The minimum absolute atomic E-state index is 0.739. The molecule has 0 aliphatic carbocycles. The lowest BCUT2D eigenvalue weighted by molar-refractivity contribution is 1.10. The molecule has 0 atom stereocenters. The van der Waals surface area contributed by atoms with Crippen molar-refractivity contribution in [2.24, 2.45) is 0 Å². The van der Waals surface area contributed by atoms with E-state index in [4.69, 9.17) is 0 Å². The van der Waals surface area contributed by atoms with Crippen LogP contribution in [0.15, 0.2) is 40.2 Å². The summed E-state index contributed by atoms with van der Waals surface area (Å²) in [5, 5.41) is 9.30. The van der Waals surface area contributed by atoms with E-state index in [1.165, 1.54) is 0 Å². The molecule has 0 aliphatic rings. The number of halogens is 1. The predicted molar refractivity (Wildman–Crippen MR) is 77.6 cm³/mol. The highest BCUT2D eigenvalue weighted by Gasteiger charge is 2.10. The first-order valence-corrected chi connectivity index (χ1v) is 7.14. The van der Waals surface area contributed by atoms with Gasteiger partial charge in [0.15, 0.2) is 11.6 Å². The number of H-pyrrole nitrogens is 1. The van der Waals surface area contributed by atoms with Crippen LogP contribution in [0.25, 0.3) is 22.1 Å². The zero-order chi connectivity index (χ0) is 12.5. The monoisotopic (exact) mass is 319 g/mol. The zero-order valence-corrected chi connectivity index (χ0v) is 12.0. The smallest absolute Gasteiger partial charge is 0.181 e. The minimum atomic E-state index is 0.739. The Morgan fingerprint density at radius 3 is 2.89 bits per heavy atom. The van der Waals surface area contributed by atoms with Crippen molar-refractivity contribution in [2.75, 3.05) is 0 Å². The van der Waals surface area contributed by atoms with Crippen molar-refractivity contribution in [3.05, 3.63) is 45.7 Å². The number of hydrogen-bond acceptors (Lipinski definition) is 3. The van der Waals surface area contributed by atoms with E-state index in [2.05, 4.69) is 44.1 Å². The molecule has 3 aromatic rings. The fourth-order valence-electron chi connectivity index (χ4n) is 1.78. The van der Waals surface area contributed by atoms with E-state index < -0.39 is 0 Å². The molecule has 18 heavy (non-hydrogen) atoms. The van der Waals surface area contributed by atoms with Gasteiger partial charge in [-0.1, -0.05) is 22.0 Å². The standard InChI is InChI=1S/C13H10BrN3S/c1-8-7-9(14)4-5-10(8)12-15-13(17-16-12)11-3-2-6-18-11/h2-7H,1H3,(H,15,16,17). The van der Waals surface area contributed by atoms with Crippen LogP contribution in [0.4, 0.5) is 0 Å². The number of aromatic nitrogens is 3. The number of nitrogens with one attached hydrogen (secondary N) is 1. The number of aryl methyl sites for hydroxylation is 1. The van der Waals surface area contributed by atoms with Gasteiger partial charge < -0.3 is 0 Å². The second-order valence-electron chi connectivity index (χ2n) is 3.94. The maximum atomic E-state index is 4.54. The fraction of sp³-hybridized carbons (Fsp3) is 0.0769. The van der Waals surface area contributed by atoms with Crippen molar-refractivity contribution in [1.29, 1.82) is 0 Å². The molecule has 0 radical (unpaired) electrons. The van der Waals surface area contributed by atoms with Crippen LogP contribution in [-0.4, -0.2) is 15.2 Å². The van der Waals surface area contributed by atoms with Gasteiger partial charge in [-0.2, -0.15) is 5.10 Å². The van der Waals surface area contributed by atoms with Crippen LogP contribution < -0.4 is 0 Å². The average molecular weight is 320 g/mol. The second kappa shape index (κ2) is 4.66. The van der Waals surface area contributed by atoms with Crippen LogP contribution in [0.1, 0.15) is 5.56 Å². The first-order chi connectivity index (χ1) is 8.74. The molecule has 2 aromatic heterocycles. The molecule has 0 amide bonds. The Labute approximate surface area is 117 Å². The van der Waals surface area contributed by atoms with Gasteiger partial charge in [0.05, 0.1) is 4.88 Å². The molecule has 5 heteroatoms. The SMILES string of the molecule is Cc1cc(Br)ccc1-c1n[nH]c(-c2cccs2)n1. The van der Waals surface area contributed by atoms with Crippen LogP contribution in [0.5, 0.6) is 0 Å². The Morgan fingerprint density at radius 1 is 1.28 bits per heavy atom. The molecule has 0 unspecified atom stereocenters. The summed E-state index contributed by atoms with van der Waals surface area (Å²) in [6.45, 7) is 2.06. The van der Waals surface area contributed by atoms with Crippen LogP contribution in [0.2, 0.25) is 0 Å². The highest BCUT2D eigenvalue weighted by Crippen LogP contribution is 2.26. The van der Waals surface area contributed by atoms with Gasteiger partial charge in [0, 0.05) is 10.0 Å². The Hall–Kier alpha value is -1.46. The van der Waals surface area contributed by atoms with Gasteiger partial charge in [-0.15, -0.1) is 11.3 Å². The number of nitrogens with zero attached hydrogens (tertiary/aromatic N) is 2.